The van der Waals surface area contributed by atoms with E-state index in [2.05, 4.69) is 17.3 Å². The third kappa shape index (κ3) is 2.23. The van der Waals surface area contributed by atoms with Gasteiger partial charge in [-0.25, -0.2) is 4.39 Å². The average Bonchev–Trinajstić information content (AvgIpc) is 2.83. The predicted octanol–water partition coefficient (Wildman–Crippen LogP) is 4.76. The van der Waals surface area contributed by atoms with Gasteiger partial charge in [0.05, 0.1) is 5.56 Å². The number of benzene rings is 2. The number of halogens is 1. The van der Waals surface area contributed by atoms with E-state index in [9.17, 15) is 4.39 Å². The molecule has 0 unspecified atom stereocenters. The Bertz CT molecular complexity index is 727. The van der Waals surface area contributed by atoms with Gasteiger partial charge in [0, 0.05) is 5.56 Å². The Hall–Kier alpha value is -2.42. The Morgan fingerprint density at radius 1 is 0.850 bits per heavy atom. The van der Waals surface area contributed by atoms with Gasteiger partial charge in [-0.1, -0.05) is 35.0 Å². The molecule has 0 aliphatic carbocycles. The fraction of sp³-hybridized carbons (Fsp3) is 0.118. The van der Waals surface area contributed by atoms with E-state index in [0.717, 1.165) is 28.1 Å². The second kappa shape index (κ2) is 4.93. The first-order valence-electron chi connectivity index (χ1n) is 6.44. The molecule has 0 fully saturated rings. The normalized spacial score (nSPS) is 10.8. The van der Waals surface area contributed by atoms with Crippen LogP contribution in [0.2, 0.25) is 0 Å². The minimum absolute atomic E-state index is 0.258. The summed E-state index contributed by atoms with van der Waals surface area (Å²) in [4.78, 5) is 0. The van der Waals surface area contributed by atoms with Gasteiger partial charge in [-0.2, -0.15) is 0 Å². The Balaban J connectivity index is 2.14. The molecule has 0 N–H and O–H groups in total. The van der Waals surface area contributed by atoms with Gasteiger partial charge in [-0.15, -0.1) is 0 Å². The van der Waals surface area contributed by atoms with Gasteiger partial charge in [0.25, 0.3) is 0 Å². The van der Waals surface area contributed by atoms with E-state index in [4.69, 9.17) is 4.52 Å². The lowest BCUT2D eigenvalue weighted by molar-refractivity contribution is 0.400. The van der Waals surface area contributed by atoms with E-state index in [-0.39, 0.29) is 5.82 Å². The molecule has 3 heteroatoms. The number of hydrogen-bond donors (Lipinski definition) is 0. The number of aromatic nitrogens is 1. The number of aryl methyl sites for hydroxylation is 2. The van der Waals surface area contributed by atoms with Crippen LogP contribution in [-0.2, 0) is 0 Å². The fourth-order valence-electron chi connectivity index (χ4n) is 2.24. The summed E-state index contributed by atoms with van der Waals surface area (Å²) < 4.78 is 18.4. The van der Waals surface area contributed by atoms with Crippen LogP contribution in [0.3, 0.4) is 0 Å². The highest BCUT2D eigenvalue weighted by atomic mass is 19.1. The molecule has 2 nitrogen and oxygen atoms in total. The number of hydrogen-bond acceptors (Lipinski definition) is 2. The molecule has 1 heterocycles. The zero-order valence-corrected chi connectivity index (χ0v) is 11.4. The van der Waals surface area contributed by atoms with Crippen molar-refractivity contribution in [2.24, 2.45) is 0 Å². The van der Waals surface area contributed by atoms with Crippen molar-refractivity contribution in [3.8, 4) is 22.4 Å². The van der Waals surface area contributed by atoms with Crippen molar-refractivity contribution in [3.05, 3.63) is 65.7 Å². The molecular formula is C17H14FNO. The van der Waals surface area contributed by atoms with Crippen LogP contribution in [-0.4, -0.2) is 5.16 Å². The van der Waals surface area contributed by atoms with Crippen molar-refractivity contribution in [1.82, 2.24) is 5.16 Å². The number of rotatable bonds is 2. The first kappa shape index (κ1) is 12.6. The molecule has 0 atom stereocenters. The van der Waals surface area contributed by atoms with E-state index in [0.29, 0.717) is 0 Å². The molecule has 3 aromatic rings. The van der Waals surface area contributed by atoms with Crippen LogP contribution in [0.25, 0.3) is 22.4 Å². The van der Waals surface area contributed by atoms with Crippen LogP contribution in [0.1, 0.15) is 11.3 Å². The SMILES string of the molecule is Cc1ccc(-c2c(-c3ccc(F)cc3)noc2C)cc1. The lowest BCUT2D eigenvalue weighted by Gasteiger charge is -2.04. The molecule has 3 rings (SSSR count). The monoisotopic (exact) mass is 267 g/mol. The summed E-state index contributed by atoms with van der Waals surface area (Å²) in [6, 6.07) is 14.5. The van der Waals surface area contributed by atoms with Gasteiger partial charge in [0.1, 0.15) is 17.3 Å². The lowest BCUT2D eigenvalue weighted by Crippen LogP contribution is -1.85. The lowest BCUT2D eigenvalue weighted by atomic mass is 9.99. The molecule has 2 aromatic carbocycles. The highest BCUT2D eigenvalue weighted by molar-refractivity contribution is 5.81. The average molecular weight is 267 g/mol. The highest BCUT2D eigenvalue weighted by Crippen LogP contribution is 2.34. The maximum absolute atomic E-state index is 13.0. The summed E-state index contributed by atoms with van der Waals surface area (Å²) in [5.41, 5.74) is 4.79. The van der Waals surface area contributed by atoms with Crippen LogP contribution in [0.5, 0.6) is 0 Å². The molecule has 1 aromatic heterocycles. The van der Waals surface area contributed by atoms with Crippen LogP contribution in [0.4, 0.5) is 4.39 Å². The molecule has 0 radical (unpaired) electrons. The molecule has 0 saturated heterocycles. The van der Waals surface area contributed by atoms with Gasteiger partial charge >= 0.3 is 0 Å². The van der Waals surface area contributed by atoms with Gasteiger partial charge < -0.3 is 4.52 Å². The topological polar surface area (TPSA) is 26.0 Å². The van der Waals surface area contributed by atoms with Gasteiger partial charge in [-0.05, 0) is 43.7 Å². The Morgan fingerprint density at radius 2 is 1.45 bits per heavy atom. The van der Waals surface area contributed by atoms with Crippen molar-refractivity contribution in [3.63, 3.8) is 0 Å². The van der Waals surface area contributed by atoms with Crippen molar-refractivity contribution in [2.45, 2.75) is 13.8 Å². The summed E-state index contributed by atoms with van der Waals surface area (Å²) in [6.45, 7) is 3.93. The van der Waals surface area contributed by atoms with Crippen molar-refractivity contribution < 1.29 is 8.91 Å². The largest absolute Gasteiger partial charge is 0.360 e. The van der Waals surface area contributed by atoms with E-state index in [1.807, 2.05) is 26.0 Å². The van der Waals surface area contributed by atoms with Crippen LogP contribution < -0.4 is 0 Å². The minimum atomic E-state index is -0.258. The van der Waals surface area contributed by atoms with E-state index in [1.165, 1.54) is 17.7 Å². The molecule has 0 aliphatic heterocycles. The smallest absolute Gasteiger partial charge is 0.142 e. The summed E-state index contributed by atoms with van der Waals surface area (Å²) in [7, 11) is 0. The third-order valence-electron chi connectivity index (χ3n) is 3.32. The van der Waals surface area contributed by atoms with Gasteiger partial charge in [0.15, 0.2) is 0 Å². The predicted molar refractivity (Wildman–Crippen MR) is 76.8 cm³/mol. The van der Waals surface area contributed by atoms with Crippen molar-refractivity contribution in [2.75, 3.05) is 0 Å². The van der Waals surface area contributed by atoms with Crippen LogP contribution >= 0.6 is 0 Å². The third-order valence-corrected chi connectivity index (χ3v) is 3.32. The van der Waals surface area contributed by atoms with Gasteiger partial charge in [-0.3, -0.25) is 0 Å². The fourth-order valence-corrected chi connectivity index (χ4v) is 2.24. The minimum Gasteiger partial charge on any atom is -0.360 e. The Kier molecular flexibility index (Phi) is 3.11. The second-order valence-electron chi connectivity index (χ2n) is 4.84. The second-order valence-corrected chi connectivity index (χ2v) is 4.84. The molecule has 0 spiro atoms. The first-order chi connectivity index (χ1) is 9.65. The van der Waals surface area contributed by atoms with E-state index >= 15 is 0 Å². The summed E-state index contributed by atoms with van der Waals surface area (Å²) in [6.07, 6.45) is 0. The molecule has 0 aliphatic rings. The number of nitrogens with zero attached hydrogens (tertiary/aromatic N) is 1. The summed E-state index contributed by atoms with van der Waals surface area (Å²) in [5, 5.41) is 4.12. The Labute approximate surface area is 116 Å². The van der Waals surface area contributed by atoms with E-state index < -0.39 is 0 Å². The molecular weight excluding hydrogens is 253 g/mol. The Morgan fingerprint density at radius 3 is 2.10 bits per heavy atom. The van der Waals surface area contributed by atoms with Crippen molar-refractivity contribution >= 4 is 0 Å². The highest BCUT2D eigenvalue weighted by Gasteiger charge is 2.16. The van der Waals surface area contributed by atoms with Crippen molar-refractivity contribution in [1.29, 1.82) is 0 Å². The molecule has 0 amide bonds. The zero-order valence-electron chi connectivity index (χ0n) is 11.4. The zero-order chi connectivity index (χ0) is 14.1. The first-order valence-corrected chi connectivity index (χ1v) is 6.44. The van der Waals surface area contributed by atoms with Crippen LogP contribution in [0.15, 0.2) is 53.1 Å². The maximum atomic E-state index is 13.0. The molecule has 20 heavy (non-hydrogen) atoms. The summed E-state index contributed by atoms with van der Waals surface area (Å²) in [5.74, 6) is 0.499. The molecule has 0 saturated carbocycles. The molecule has 100 valence electrons. The molecule has 0 bridgehead atoms. The standard InChI is InChI=1S/C17H14FNO/c1-11-3-5-13(6-4-11)16-12(2)20-19-17(16)14-7-9-15(18)10-8-14/h3-10H,1-2H3. The van der Waals surface area contributed by atoms with Crippen LogP contribution in [0, 0.1) is 19.7 Å². The van der Waals surface area contributed by atoms with Gasteiger partial charge in [0.2, 0.25) is 0 Å². The summed E-state index contributed by atoms with van der Waals surface area (Å²) >= 11 is 0. The van der Waals surface area contributed by atoms with E-state index in [1.54, 1.807) is 12.1 Å². The quantitative estimate of drug-likeness (QED) is 0.668. The maximum Gasteiger partial charge on any atom is 0.142 e.